The van der Waals surface area contributed by atoms with E-state index in [2.05, 4.69) is 27.4 Å². The third-order valence-corrected chi connectivity index (χ3v) is 3.58. The lowest BCUT2D eigenvalue weighted by atomic mass is 10.1. The molecule has 2 atom stereocenters. The number of hydrogen-bond acceptors (Lipinski definition) is 3. The van der Waals surface area contributed by atoms with E-state index in [0.29, 0.717) is 24.3 Å². The molecule has 1 aliphatic rings. The fourth-order valence-corrected chi connectivity index (χ4v) is 2.46. The molecule has 6 heteroatoms. The van der Waals surface area contributed by atoms with Crippen LogP contribution in [0.25, 0.3) is 0 Å². The SMILES string of the molecule is CCOc1cccc([C@@H]2C[C@H]2N=C(N)Nc2ccccn2)c1.I. The van der Waals surface area contributed by atoms with Gasteiger partial charge in [0, 0.05) is 12.1 Å². The first-order valence-corrected chi connectivity index (χ1v) is 7.50. The van der Waals surface area contributed by atoms with Gasteiger partial charge in [0.1, 0.15) is 11.6 Å². The number of pyridine rings is 1. The summed E-state index contributed by atoms with van der Waals surface area (Å²) >= 11 is 0. The van der Waals surface area contributed by atoms with Gasteiger partial charge < -0.3 is 15.8 Å². The first-order valence-electron chi connectivity index (χ1n) is 7.50. The molecule has 0 unspecified atom stereocenters. The van der Waals surface area contributed by atoms with Crippen LogP contribution < -0.4 is 15.8 Å². The van der Waals surface area contributed by atoms with Gasteiger partial charge in [-0.1, -0.05) is 18.2 Å². The predicted octanol–water partition coefficient (Wildman–Crippen LogP) is 3.38. The van der Waals surface area contributed by atoms with Crippen molar-refractivity contribution >= 4 is 35.8 Å². The van der Waals surface area contributed by atoms with Gasteiger partial charge in [0.05, 0.1) is 12.6 Å². The number of aromatic nitrogens is 1. The van der Waals surface area contributed by atoms with Crippen molar-refractivity contribution in [2.24, 2.45) is 10.7 Å². The molecular formula is C17H21IN4O. The highest BCUT2D eigenvalue weighted by Crippen LogP contribution is 2.44. The summed E-state index contributed by atoms with van der Waals surface area (Å²) in [7, 11) is 0. The number of ether oxygens (including phenoxy) is 1. The van der Waals surface area contributed by atoms with Crippen LogP contribution in [-0.2, 0) is 0 Å². The number of anilines is 1. The molecular weight excluding hydrogens is 403 g/mol. The number of halogens is 1. The van der Waals surface area contributed by atoms with Crippen LogP contribution in [0.2, 0.25) is 0 Å². The molecule has 23 heavy (non-hydrogen) atoms. The minimum atomic E-state index is 0. The Kier molecular flexibility index (Phi) is 6.20. The quantitative estimate of drug-likeness (QED) is 0.439. The van der Waals surface area contributed by atoms with Gasteiger partial charge in [0.15, 0.2) is 5.96 Å². The number of benzene rings is 1. The van der Waals surface area contributed by atoms with Gasteiger partial charge in [-0.05, 0) is 43.2 Å². The number of hydrogen-bond donors (Lipinski definition) is 2. The van der Waals surface area contributed by atoms with E-state index in [9.17, 15) is 0 Å². The van der Waals surface area contributed by atoms with Crippen LogP contribution in [0, 0.1) is 0 Å². The van der Waals surface area contributed by atoms with Gasteiger partial charge in [0.25, 0.3) is 0 Å². The zero-order valence-corrected chi connectivity index (χ0v) is 15.3. The summed E-state index contributed by atoms with van der Waals surface area (Å²) < 4.78 is 5.54. The van der Waals surface area contributed by atoms with Crippen LogP contribution in [0.5, 0.6) is 5.75 Å². The smallest absolute Gasteiger partial charge is 0.194 e. The summed E-state index contributed by atoms with van der Waals surface area (Å²) in [6.45, 7) is 2.66. The van der Waals surface area contributed by atoms with Crippen LogP contribution in [0.1, 0.15) is 24.8 Å². The third-order valence-electron chi connectivity index (χ3n) is 3.58. The Labute approximate surface area is 153 Å². The van der Waals surface area contributed by atoms with Crippen LogP contribution in [0.15, 0.2) is 53.7 Å². The maximum atomic E-state index is 5.94. The summed E-state index contributed by atoms with van der Waals surface area (Å²) in [6.07, 6.45) is 2.73. The van der Waals surface area contributed by atoms with Crippen molar-refractivity contribution in [3.63, 3.8) is 0 Å². The molecule has 0 saturated heterocycles. The maximum Gasteiger partial charge on any atom is 0.194 e. The number of nitrogens with one attached hydrogen (secondary N) is 1. The molecule has 1 fully saturated rings. The number of nitrogens with two attached hydrogens (primary N) is 1. The Morgan fingerprint density at radius 2 is 2.22 bits per heavy atom. The Hall–Kier alpha value is -1.83. The van der Waals surface area contributed by atoms with Crippen LogP contribution in [0.4, 0.5) is 5.82 Å². The third kappa shape index (κ3) is 4.82. The van der Waals surface area contributed by atoms with Gasteiger partial charge in [-0.15, -0.1) is 24.0 Å². The Balaban J connectivity index is 0.00000192. The molecule has 1 heterocycles. The van der Waals surface area contributed by atoms with Crippen molar-refractivity contribution in [2.45, 2.75) is 25.3 Å². The highest BCUT2D eigenvalue weighted by Gasteiger charge is 2.38. The van der Waals surface area contributed by atoms with E-state index in [1.165, 1.54) is 5.56 Å². The second-order valence-corrected chi connectivity index (χ2v) is 5.27. The van der Waals surface area contributed by atoms with E-state index in [4.69, 9.17) is 10.5 Å². The summed E-state index contributed by atoms with van der Waals surface area (Å²) in [4.78, 5) is 8.69. The maximum absolute atomic E-state index is 5.94. The van der Waals surface area contributed by atoms with E-state index in [1.807, 2.05) is 37.3 Å². The van der Waals surface area contributed by atoms with Crippen LogP contribution in [-0.4, -0.2) is 23.6 Å². The minimum absolute atomic E-state index is 0. The number of rotatable bonds is 5. The van der Waals surface area contributed by atoms with E-state index in [1.54, 1.807) is 6.20 Å². The van der Waals surface area contributed by atoms with Crippen LogP contribution in [0.3, 0.4) is 0 Å². The van der Waals surface area contributed by atoms with Crippen molar-refractivity contribution in [1.82, 2.24) is 4.98 Å². The summed E-state index contributed by atoms with van der Waals surface area (Å²) in [5.74, 6) is 2.45. The zero-order valence-electron chi connectivity index (χ0n) is 13.0. The second kappa shape index (κ2) is 8.14. The standard InChI is InChI=1S/C17H20N4O.HI/c1-2-22-13-7-5-6-12(10-13)14-11-15(14)20-17(18)21-16-8-3-4-9-19-16;/h3-10,14-15H,2,11H2,1H3,(H3,18,19,20,21);1H/t14-,15+;/m0./s1. The van der Waals surface area contributed by atoms with Crippen molar-refractivity contribution < 1.29 is 4.74 Å². The molecule has 3 rings (SSSR count). The van der Waals surface area contributed by atoms with E-state index in [-0.39, 0.29) is 30.0 Å². The first kappa shape index (κ1) is 17.5. The minimum Gasteiger partial charge on any atom is -0.494 e. The van der Waals surface area contributed by atoms with E-state index >= 15 is 0 Å². The van der Waals surface area contributed by atoms with Crippen molar-refractivity contribution in [3.8, 4) is 5.75 Å². The largest absolute Gasteiger partial charge is 0.494 e. The molecule has 0 bridgehead atoms. The normalized spacial score (nSPS) is 19.6. The predicted molar refractivity (Wildman–Crippen MR) is 104 cm³/mol. The van der Waals surface area contributed by atoms with Gasteiger partial charge >= 0.3 is 0 Å². The average molecular weight is 424 g/mol. The molecule has 2 aromatic rings. The van der Waals surface area contributed by atoms with Crippen molar-refractivity contribution in [3.05, 3.63) is 54.2 Å². The molecule has 0 spiro atoms. The lowest BCUT2D eigenvalue weighted by molar-refractivity contribution is 0.340. The Morgan fingerprint density at radius 1 is 1.35 bits per heavy atom. The highest BCUT2D eigenvalue weighted by atomic mass is 127. The molecule has 0 amide bonds. The molecule has 1 aromatic heterocycles. The molecule has 3 N–H and O–H groups in total. The lowest BCUT2D eigenvalue weighted by Crippen LogP contribution is -2.23. The topological polar surface area (TPSA) is 72.5 Å². The molecule has 0 aliphatic heterocycles. The molecule has 1 aliphatic carbocycles. The molecule has 0 radical (unpaired) electrons. The zero-order chi connectivity index (χ0) is 15.4. The fourth-order valence-electron chi connectivity index (χ4n) is 2.46. The van der Waals surface area contributed by atoms with Crippen molar-refractivity contribution in [2.75, 3.05) is 11.9 Å². The molecule has 122 valence electrons. The molecule has 1 saturated carbocycles. The number of aliphatic imine (C=N–C) groups is 1. The average Bonchev–Trinajstić information content (AvgIpc) is 3.28. The second-order valence-electron chi connectivity index (χ2n) is 5.27. The summed E-state index contributed by atoms with van der Waals surface area (Å²) in [5, 5.41) is 3.01. The molecule has 1 aromatic carbocycles. The monoisotopic (exact) mass is 424 g/mol. The van der Waals surface area contributed by atoms with Gasteiger partial charge in [-0.2, -0.15) is 0 Å². The van der Waals surface area contributed by atoms with Crippen molar-refractivity contribution in [1.29, 1.82) is 0 Å². The fraction of sp³-hybridized carbons (Fsp3) is 0.294. The Bertz CT molecular complexity index is 663. The summed E-state index contributed by atoms with van der Waals surface area (Å²) in [5.41, 5.74) is 7.19. The number of guanidine groups is 1. The summed E-state index contributed by atoms with van der Waals surface area (Å²) in [6, 6.07) is 14.1. The lowest BCUT2D eigenvalue weighted by Gasteiger charge is -2.06. The van der Waals surface area contributed by atoms with Gasteiger partial charge in [-0.25, -0.2) is 9.98 Å². The van der Waals surface area contributed by atoms with E-state index < -0.39 is 0 Å². The van der Waals surface area contributed by atoms with Crippen LogP contribution >= 0.6 is 24.0 Å². The number of nitrogens with zero attached hydrogens (tertiary/aromatic N) is 2. The van der Waals surface area contributed by atoms with Gasteiger partial charge in [0.2, 0.25) is 0 Å². The first-order chi connectivity index (χ1) is 10.8. The van der Waals surface area contributed by atoms with Gasteiger partial charge in [-0.3, -0.25) is 0 Å². The molecule has 5 nitrogen and oxygen atoms in total. The Morgan fingerprint density at radius 3 is 2.96 bits per heavy atom. The van der Waals surface area contributed by atoms with E-state index in [0.717, 1.165) is 12.2 Å². The highest BCUT2D eigenvalue weighted by molar-refractivity contribution is 14.0.